The van der Waals surface area contributed by atoms with E-state index in [2.05, 4.69) is 35.0 Å². The van der Waals surface area contributed by atoms with Crippen molar-refractivity contribution in [1.29, 1.82) is 0 Å². The first-order valence-corrected chi connectivity index (χ1v) is 12.2. The number of fused-ring (bicyclic) bond motifs is 2. The lowest BCUT2D eigenvalue weighted by molar-refractivity contribution is 0.103. The smallest absolute Gasteiger partial charge is 0.323 e. The Morgan fingerprint density at radius 2 is 1.92 bits per heavy atom. The summed E-state index contributed by atoms with van der Waals surface area (Å²) in [6.07, 6.45) is 3.15. The third kappa shape index (κ3) is 4.24. The second-order valence-corrected chi connectivity index (χ2v) is 9.18. The number of hydrogen-bond acceptors (Lipinski definition) is 6. The molecule has 0 aliphatic heterocycles. The maximum absolute atomic E-state index is 15.2. The Kier molecular flexibility index (Phi) is 6.06. The highest BCUT2D eigenvalue weighted by molar-refractivity contribution is 7.86. The molecule has 5 rings (SSSR count). The van der Waals surface area contributed by atoms with Crippen molar-refractivity contribution >= 4 is 56.0 Å². The summed E-state index contributed by atoms with van der Waals surface area (Å²) in [4.78, 5) is 41.4. The van der Waals surface area contributed by atoms with Gasteiger partial charge in [-0.3, -0.25) is 4.79 Å². The molecule has 184 valence electrons. The minimum absolute atomic E-state index is 0.0612. The standard InChI is InChI=1S/C23H19F2N7O3S/c1-2-7-36(35)32-15-6-4-13(24)18(19(15)25)20(33)12-9-26-21-17(12)22(28-10-27-21)29-11-3-5-14-16(8-11)31-23(34)30-14/h3-6,8-10,32H,2,7H2,1H3,(H2,30,31,34)(H2,26,27,28,29). The van der Waals surface area contributed by atoms with Gasteiger partial charge in [0.05, 0.1) is 33.2 Å². The van der Waals surface area contributed by atoms with E-state index in [1.165, 1.54) is 12.5 Å². The number of ketones is 1. The van der Waals surface area contributed by atoms with E-state index in [-0.39, 0.29) is 39.5 Å². The number of aromatic amines is 3. The Bertz CT molecular complexity index is 1710. The quantitative estimate of drug-likeness (QED) is 0.200. The van der Waals surface area contributed by atoms with Gasteiger partial charge in [-0.2, -0.15) is 0 Å². The van der Waals surface area contributed by atoms with E-state index in [1.54, 1.807) is 18.2 Å². The van der Waals surface area contributed by atoms with Crippen LogP contribution in [0.15, 0.2) is 47.7 Å². The maximum atomic E-state index is 15.2. The lowest BCUT2D eigenvalue weighted by Crippen LogP contribution is -2.13. The summed E-state index contributed by atoms with van der Waals surface area (Å²) in [5.74, 6) is -2.68. The molecule has 0 aliphatic rings. The average Bonchev–Trinajstić information content (AvgIpc) is 3.44. The Morgan fingerprint density at radius 3 is 2.72 bits per heavy atom. The number of benzene rings is 2. The molecular formula is C23H19F2N7O3S. The van der Waals surface area contributed by atoms with Gasteiger partial charge in [0.15, 0.2) is 5.82 Å². The van der Waals surface area contributed by atoms with Crippen LogP contribution in [-0.4, -0.2) is 40.7 Å². The van der Waals surface area contributed by atoms with Gasteiger partial charge in [-0.1, -0.05) is 6.92 Å². The number of aromatic nitrogens is 5. The Morgan fingerprint density at radius 1 is 1.11 bits per heavy atom. The predicted molar refractivity (Wildman–Crippen MR) is 133 cm³/mol. The highest BCUT2D eigenvalue weighted by Gasteiger charge is 2.26. The van der Waals surface area contributed by atoms with Gasteiger partial charge in [-0.05, 0) is 36.8 Å². The van der Waals surface area contributed by atoms with Gasteiger partial charge in [0.2, 0.25) is 5.78 Å². The van der Waals surface area contributed by atoms with Crippen molar-refractivity contribution in [2.45, 2.75) is 13.3 Å². The van der Waals surface area contributed by atoms with Crippen LogP contribution in [0.3, 0.4) is 0 Å². The third-order valence-corrected chi connectivity index (χ3v) is 6.65. The minimum atomic E-state index is -1.59. The number of nitrogens with zero attached hydrogens (tertiary/aromatic N) is 2. The first-order valence-electron chi connectivity index (χ1n) is 10.8. The van der Waals surface area contributed by atoms with Gasteiger partial charge in [0.1, 0.15) is 34.6 Å². The fourth-order valence-corrected chi connectivity index (χ4v) is 4.69. The van der Waals surface area contributed by atoms with E-state index in [4.69, 9.17) is 0 Å². The molecule has 1 unspecified atom stereocenters. The molecule has 13 heteroatoms. The number of hydrogen-bond donors (Lipinski definition) is 5. The van der Waals surface area contributed by atoms with Gasteiger partial charge in [-0.25, -0.2) is 27.8 Å². The molecule has 0 fully saturated rings. The van der Waals surface area contributed by atoms with Crippen LogP contribution in [0.25, 0.3) is 22.1 Å². The van der Waals surface area contributed by atoms with Crippen molar-refractivity contribution in [2.75, 3.05) is 15.8 Å². The molecule has 2 aromatic carbocycles. The molecule has 0 bridgehead atoms. The normalized spacial score (nSPS) is 12.2. The number of imidazole rings is 1. The predicted octanol–water partition coefficient (Wildman–Crippen LogP) is 3.87. The van der Waals surface area contributed by atoms with Crippen LogP contribution < -0.4 is 15.7 Å². The van der Waals surface area contributed by atoms with Crippen LogP contribution in [-0.2, 0) is 11.0 Å². The van der Waals surface area contributed by atoms with E-state index in [0.29, 0.717) is 23.1 Å². The zero-order valence-corrected chi connectivity index (χ0v) is 19.6. The van der Waals surface area contributed by atoms with Gasteiger partial charge >= 0.3 is 5.69 Å². The maximum Gasteiger partial charge on any atom is 0.323 e. The summed E-state index contributed by atoms with van der Waals surface area (Å²) in [6, 6.07) is 7.09. The third-order valence-electron chi connectivity index (χ3n) is 5.42. The number of halogens is 2. The molecule has 0 spiro atoms. The van der Waals surface area contributed by atoms with E-state index in [9.17, 15) is 18.2 Å². The van der Waals surface area contributed by atoms with E-state index >= 15 is 4.39 Å². The SMILES string of the molecule is CCCS(=O)Nc1ccc(F)c(C(=O)c2c[nH]c3ncnc(Nc4ccc5[nH]c(=O)[nH]c5c4)c23)c1F. The van der Waals surface area contributed by atoms with Gasteiger partial charge < -0.3 is 25.0 Å². The summed E-state index contributed by atoms with van der Waals surface area (Å²) in [5, 5.41) is 3.28. The molecule has 5 aromatic rings. The van der Waals surface area contributed by atoms with E-state index in [1.807, 2.05) is 6.92 Å². The van der Waals surface area contributed by atoms with Crippen LogP contribution in [0, 0.1) is 11.6 Å². The molecule has 0 saturated heterocycles. The van der Waals surface area contributed by atoms with Crippen molar-refractivity contribution in [3.8, 4) is 0 Å². The number of nitrogens with one attached hydrogen (secondary N) is 5. The summed E-state index contributed by atoms with van der Waals surface area (Å²) < 4.78 is 44.5. The second-order valence-electron chi connectivity index (χ2n) is 7.88. The molecular weight excluding hydrogens is 492 g/mol. The van der Waals surface area contributed by atoms with E-state index < -0.39 is 34.0 Å². The zero-order chi connectivity index (χ0) is 25.4. The second kappa shape index (κ2) is 9.34. The van der Waals surface area contributed by atoms with Crippen LogP contribution in [0.4, 0.5) is 26.0 Å². The minimum Gasteiger partial charge on any atom is -0.345 e. The number of H-pyrrole nitrogens is 3. The van der Waals surface area contributed by atoms with E-state index in [0.717, 1.165) is 12.1 Å². The Balaban J connectivity index is 1.55. The Labute approximate surface area is 204 Å². The van der Waals surface area contributed by atoms with Gasteiger partial charge in [-0.15, -0.1) is 0 Å². The average molecular weight is 512 g/mol. The Hall–Kier alpha value is -4.39. The topological polar surface area (TPSA) is 148 Å². The van der Waals surface area contributed by atoms with Crippen LogP contribution >= 0.6 is 0 Å². The summed E-state index contributed by atoms with van der Waals surface area (Å²) in [7, 11) is -1.59. The summed E-state index contributed by atoms with van der Waals surface area (Å²) >= 11 is 0. The molecule has 3 heterocycles. The molecule has 5 N–H and O–H groups in total. The highest BCUT2D eigenvalue weighted by atomic mass is 32.2. The fourth-order valence-electron chi connectivity index (χ4n) is 3.82. The molecule has 36 heavy (non-hydrogen) atoms. The van der Waals surface area contributed by atoms with Gasteiger partial charge in [0, 0.05) is 17.6 Å². The number of carbonyl (C=O) groups is 1. The van der Waals surface area contributed by atoms with Crippen LogP contribution in [0.5, 0.6) is 0 Å². The number of rotatable bonds is 8. The van der Waals surface area contributed by atoms with Gasteiger partial charge in [0.25, 0.3) is 0 Å². The molecule has 0 amide bonds. The van der Waals surface area contributed by atoms with Crippen molar-refractivity contribution < 1.29 is 17.8 Å². The molecule has 10 nitrogen and oxygen atoms in total. The molecule has 0 radical (unpaired) electrons. The molecule has 3 aromatic heterocycles. The zero-order valence-electron chi connectivity index (χ0n) is 18.7. The number of anilines is 3. The first kappa shape index (κ1) is 23.4. The lowest BCUT2D eigenvalue weighted by atomic mass is 10.0. The number of carbonyl (C=O) groups excluding carboxylic acids is 1. The van der Waals surface area contributed by atoms with Crippen LogP contribution in [0.1, 0.15) is 29.3 Å². The fraction of sp³-hybridized carbons (Fsp3) is 0.130. The highest BCUT2D eigenvalue weighted by Crippen LogP contribution is 2.31. The van der Waals surface area contributed by atoms with Crippen molar-refractivity contribution in [1.82, 2.24) is 24.9 Å². The first-order chi connectivity index (χ1) is 17.4. The molecule has 0 saturated carbocycles. The van der Waals surface area contributed by atoms with Crippen LogP contribution in [0.2, 0.25) is 0 Å². The summed E-state index contributed by atoms with van der Waals surface area (Å²) in [5.41, 5.74) is 0.513. The summed E-state index contributed by atoms with van der Waals surface area (Å²) in [6.45, 7) is 1.82. The van der Waals surface area contributed by atoms with Crippen molar-refractivity contribution in [3.63, 3.8) is 0 Å². The monoisotopic (exact) mass is 511 g/mol. The molecule has 1 atom stereocenters. The largest absolute Gasteiger partial charge is 0.345 e. The van der Waals surface area contributed by atoms with Crippen molar-refractivity contribution in [3.05, 3.63) is 76.1 Å². The van der Waals surface area contributed by atoms with Crippen molar-refractivity contribution in [2.24, 2.45) is 0 Å². The lowest BCUT2D eigenvalue weighted by Gasteiger charge is -2.11. The molecule has 0 aliphatic carbocycles.